The lowest BCUT2D eigenvalue weighted by Crippen LogP contribution is -2.44. The van der Waals surface area contributed by atoms with E-state index in [2.05, 4.69) is 20.6 Å². The molecular weight excluding hydrogens is 339 g/mol. The van der Waals surface area contributed by atoms with Crippen molar-refractivity contribution in [2.24, 2.45) is 0 Å². The molecule has 1 aliphatic rings. The molecule has 0 saturated carbocycles. The van der Waals surface area contributed by atoms with Gasteiger partial charge in [0.1, 0.15) is 17.7 Å². The number of halogens is 1. The smallest absolute Gasteiger partial charge is 0.315 e. The molecular formula is C17H23FN6O2. The van der Waals surface area contributed by atoms with Gasteiger partial charge in [-0.2, -0.15) is 4.98 Å². The zero-order valence-corrected chi connectivity index (χ0v) is 14.9. The van der Waals surface area contributed by atoms with Crippen molar-refractivity contribution in [3.63, 3.8) is 0 Å². The van der Waals surface area contributed by atoms with Crippen molar-refractivity contribution in [3.8, 4) is 0 Å². The van der Waals surface area contributed by atoms with Crippen molar-refractivity contribution in [3.05, 3.63) is 36.4 Å². The summed E-state index contributed by atoms with van der Waals surface area (Å²) in [6.45, 7) is 0.882. The Bertz CT molecular complexity index is 724. The van der Waals surface area contributed by atoms with Gasteiger partial charge in [-0.3, -0.25) is 0 Å². The van der Waals surface area contributed by atoms with Gasteiger partial charge in [-0.1, -0.05) is 0 Å². The van der Waals surface area contributed by atoms with Crippen LogP contribution in [0.25, 0.3) is 0 Å². The Kier molecular flexibility index (Phi) is 5.55. The number of anilines is 2. The van der Waals surface area contributed by atoms with Crippen LogP contribution >= 0.6 is 0 Å². The Morgan fingerprint density at radius 1 is 1.42 bits per heavy atom. The second kappa shape index (κ2) is 8.03. The number of hydrogen-bond donors (Lipinski definition) is 2. The van der Waals surface area contributed by atoms with E-state index in [9.17, 15) is 9.18 Å². The van der Waals surface area contributed by atoms with Gasteiger partial charge in [0.15, 0.2) is 0 Å². The van der Waals surface area contributed by atoms with Crippen molar-refractivity contribution in [1.29, 1.82) is 0 Å². The molecule has 2 atom stereocenters. The van der Waals surface area contributed by atoms with Gasteiger partial charge in [0.2, 0.25) is 5.95 Å². The van der Waals surface area contributed by atoms with Crippen LogP contribution in [0.2, 0.25) is 0 Å². The lowest BCUT2D eigenvalue weighted by molar-refractivity contribution is 0.238. The SMILES string of the molecule is CN(C)c1nccc(N2C[C@@H](F)C[C@H]2CNC(=O)NCc2ccco2)n1. The lowest BCUT2D eigenvalue weighted by atomic mass is 10.2. The van der Waals surface area contributed by atoms with Crippen LogP contribution in [0, 0.1) is 0 Å². The highest BCUT2D eigenvalue weighted by Crippen LogP contribution is 2.26. The van der Waals surface area contributed by atoms with Crippen molar-refractivity contribution in [1.82, 2.24) is 20.6 Å². The van der Waals surface area contributed by atoms with E-state index < -0.39 is 6.17 Å². The van der Waals surface area contributed by atoms with Crippen molar-refractivity contribution in [2.75, 3.05) is 37.0 Å². The van der Waals surface area contributed by atoms with Crippen molar-refractivity contribution < 1.29 is 13.6 Å². The van der Waals surface area contributed by atoms with Crippen LogP contribution in [0.4, 0.5) is 21.0 Å². The van der Waals surface area contributed by atoms with Crippen molar-refractivity contribution >= 4 is 17.8 Å². The van der Waals surface area contributed by atoms with Crippen LogP contribution < -0.4 is 20.4 Å². The molecule has 0 unspecified atom stereocenters. The van der Waals surface area contributed by atoms with Crippen molar-refractivity contribution in [2.45, 2.75) is 25.2 Å². The van der Waals surface area contributed by atoms with E-state index in [-0.39, 0.29) is 18.6 Å². The molecule has 1 fully saturated rings. The highest BCUT2D eigenvalue weighted by Gasteiger charge is 2.33. The third-order valence-electron chi connectivity index (χ3n) is 4.19. The summed E-state index contributed by atoms with van der Waals surface area (Å²) in [7, 11) is 3.70. The number of alkyl halides is 1. The zero-order chi connectivity index (χ0) is 18.5. The molecule has 1 aliphatic heterocycles. The van der Waals surface area contributed by atoms with Gasteiger partial charge in [-0.25, -0.2) is 14.2 Å². The lowest BCUT2D eigenvalue weighted by Gasteiger charge is -2.26. The average molecular weight is 362 g/mol. The second-order valence-corrected chi connectivity index (χ2v) is 6.39. The number of hydrogen-bond acceptors (Lipinski definition) is 6. The molecule has 0 aliphatic carbocycles. The van der Waals surface area contributed by atoms with Gasteiger partial charge in [-0.05, 0) is 18.2 Å². The number of amides is 2. The van der Waals surface area contributed by atoms with Gasteiger partial charge in [0.05, 0.1) is 25.4 Å². The van der Waals surface area contributed by atoms with Crippen LogP contribution in [-0.4, -0.2) is 55.4 Å². The first kappa shape index (κ1) is 18.0. The first-order valence-electron chi connectivity index (χ1n) is 8.48. The van der Waals surface area contributed by atoms with Gasteiger partial charge < -0.3 is 24.9 Å². The van der Waals surface area contributed by atoms with E-state index in [0.29, 0.717) is 37.0 Å². The Morgan fingerprint density at radius 3 is 3.00 bits per heavy atom. The number of urea groups is 1. The molecule has 0 spiro atoms. The molecule has 8 nitrogen and oxygen atoms in total. The highest BCUT2D eigenvalue weighted by molar-refractivity contribution is 5.73. The summed E-state index contributed by atoms with van der Waals surface area (Å²) in [6.07, 6.45) is 2.60. The van der Waals surface area contributed by atoms with Gasteiger partial charge in [0.25, 0.3) is 0 Å². The van der Waals surface area contributed by atoms with Gasteiger partial charge in [0, 0.05) is 33.3 Å². The molecule has 2 N–H and O–H groups in total. The van der Waals surface area contributed by atoms with Crippen LogP contribution in [0.1, 0.15) is 12.2 Å². The minimum Gasteiger partial charge on any atom is -0.467 e. The zero-order valence-electron chi connectivity index (χ0n) is 14.9. The Morgan fingerprint density at radius 2 is 2.27 bits per heavy atom. The molecule has 1 saturated heterocycles. The number of furan rings is 1. The standard InChI is InChI=1S/C17H23FN6O2/c1-23(2)16-19-6-5-15(22-16)24-11-12(18)8-13(24)9-20-17(25)21-10-14-4-3-7-26-14/h3-7,12-13H,8-11H2,1-2H3,(H2,20,21,25)/t12-,13-/m0/s1. The van der Waals surface area contributed by atoms with E-state index in [1.54, 1.807) is 35.6 Å². The fraction of sp³-hybridized carbons (Fsp3) is 0.471. The van der Waals surface area contributed by atoms with Crippen LogP contribution in [0.5, 0.6) is 0 Å². The number of carbonyl (C=O) groups is 1. The van der Waals surface area contributed by atoms with E-state index in [4.69, 9.17) is 4.42 Å². The molecule has 26 heavy (non-hydrogen) atoms. The van der Waals surface area contributed by atoms with Crippen LogP contribution in [0.3, 0.4) is 0 Å². The average Bonchev–Trinajstić information content (AvgIpc) is 3.27. The fourth-order valence-corrected chi connectivity index (χ4v) is 2.90. The van der Waals surface area contributed by atoms with Gasteiger partial charge in [-0.15, -0.1) is 0 Å². The predicted molar refractivity (Wildman–Crippen MR) is 96.0 cm³/mol. The molecule has 0 radical (unpaired) electrons. The molecule has 140 valence electrons. The normalized spacial score (nSPS) is 19.4. The maximum Gasteiger partial charge on any atom is 0.315 e. The molecule has 0 aromatic carbocycles. The Hall–Kier alpha value is -2.84. The second-order valence-electron chi connectivity index (χ2n) is 6.39. The summed E-state index contributed by atoms with van der Waals surface area (Å²) in [5.74, 6) is 1.89. The quantitative estimate of drug-likeness (QED) is 0.811. The minimum absolute atomic E-state index is 0.163. The largest absolute Gasteiger partial charge is 0.467 e. The third kappa shape index (κ3) is 4.41. The molecule has 2 amide bonds. The summed E-state index contributed by atoms with van der Waals surface area (Å²) in [5.41, 5.74) is 0. The molecule has 3 rings (SSSR count). The molecule has 3 heterocycles. The highest BCUT2D eigenvalue weighted by atomic mass is 19.1. The first-order valence-corrected chi connectivity index (χ1v) is 8.48. The number of rotatable bonds is 6. The van der Waals surface area contributed by atoms with Crippen LogP contribution in [-0.2, 0) is 6.54 Å². The van der Waals surface area contributed by atoms with E-state index in [0.717, 1.165) is 0 Å². The molecule has 2 aromatic heterocycles. The predicted octanol–water partition coefficient (Wildman–Crippen LogP) is 1.55. The maximum absolute atomic E-state index is 14.0. The molecule has 9 heteroatoms. The summed E-state index contributed by atoms with van der Waals surface area (Å²) >= 11 is 0. The number of carbonyl (C=O) groups excluding carboxylic acids is 1. The number of aromatic nitrogens is 2. The first-order chi connectivity index (χ1) is 12.5. The Balaban J connectivity index is 1.57. The fourth-order valence-electron chi connectivity index (χ4n) is 2.90. The van der Waals surface area contributed by atoms with E-state index in [1.165, 1.54) is 0 Å². The van der Waals surface area contributed by atoms with Crippen LogP contribution in [0.15, 0.2) is 35.1 Å². The monoisotopic (exact) mass is 362 g/mol. The topological polar surface area (TPSA) is 86.5 Å². The summed E-state index contributed by atoms with van der Waals surface area (Å²) in [4.78, 5) is 24.3. The molecule has 2 aromatic rings. The number of nitrogens with zero attached hydrogens (tertiary/aromatic N) is 4. The summed E-state index contributed by atoms with van der Waals surface area (Å²) in [5, 5.41) is 5.50. The summed E-state index contributed by atoms with van der Waals surface area (Å²) < 4.78 is 19.2. The van der Waals surface area contributed by atoms with Gasteiger partial charge >= 0.3 is 6.03 Å². The number of nitrogens with one attached hydrogen (secondary N) is 2. The van der Waals surface area contributed by atoms with E-state index >= 15 is 0 Å². The van der Waals surface area contributed by atoms with E-state index in [1.807, 2.05) is 19.0 Å². The maximum atomic E-state index is 14.0. The third-order valence-corrected chi connectivity index (χ3v) is 4.19. The molecule has 0 bridgehead atoms. The Labute approximate surface area is 151 Å². The summed E-state index contributed by atoms with van der Waals surface area (Å²) in [6, 6.07) is 4.82. The minimum atomic E-state index is -0.953.